The zero-order chi connectivity index (χ0) is 15.3. The van der Waals surface area contributed by atoms with Gasteiger partial charge in [-0.3, -0.25) is 0 Å². The molecule has 0 aliphatic heterocycles. The van der Waals surface area contributed by atoms with Crippen molar-refractivity contribution in [3.05, 3.63) is 47.3 Å². The van der Waals surface area contributed by atoms with Crippen LogP contribution in [0.15, 0.2) is 22.7 Å². The number of anilines is 1. The summed E-state index contributed by atoms with van der Waals surface area (Å²) in [5, 5.41) is 3.00. The Balaban J connectivity index is 2.51. The van der Waals surface area contributed by atoms with Gasteiger partial charge in [0.15, 0.2) is 23.0 Å². The van der Waals surface area contributed by atoms with E-state index >= 15 is 0 Å². The highest BCUT2D eigenvalue weighted by atomic mass is 19.2. The molecule has 1 heterocycles. The number of nitrogens with zero attached hydrogens (tertiary/aromatic N) is 1. The van der Waals surface area contributed by atoms with E-state index in [1.807, 2.05) is 0 Å². The minimum atomic E-state index is -1.54. The molecule has 0 atom stereocenters. The maximum Gasteiger partial charge on any atom is 0.175 e. The van der Waals surface area contributed by atoms with Crippen LogP contribution in [0.3, 0.4) is 0 Å². The van der Waals surface area contributed by atoms with Gasteiger partial charge in [-0.15, -0.1) is 0 Å². The molecule has 21 heavy (non-hydrogen) atoms. The van der Waals surface area contributed by atoms with E-state index in [1.165, 1.54) is 0 Å². The first kappa shape index (κ1) is 13.3. The summed E-state index contributed by atoms with van der Waals surface area (Å²) in [6, 6.07) is 1.34. The van der Waals surface area contributed by atoms with Crippen molar-refractivity contribution >= 4 is 16.8 Å². The van der Waals surface area contributed by atoms with E-state index in [9.17, 15) is 22.0 Å². The van der Waals surface area contributed by atoms with E-state index in [0.717, 1.165) is 0 Å². The summed E-state index contributed by atoms with van der Waals surface area (Å²) in [6.45, 7) is 0. The van der Waals surface area contributed by atoms with E-state index in [0.29, 0.717) is 18.2 Å². The van der Waals surface area contributed by atoms with Crippen LogP contribution < -0.4 is 5.73 Å². The average molecular weight is 300 g/mol. The molecule has 0 saturated carbocycles. The lowest BCUT2D eigenvalue weighted by atomic mass is 9.99. The van der Waals surface area contributed by atoms with Crippen LogP contribution in [0, 0.1) is 29.1 Å². The van der Waals surface area contributed by atoms with Gasteiger partial charge in [0.2, 0.25) is 0 Å². The van der Waals surface area contributed by atoms with E-state index < -0.39 is 40.2 Å². The molecule has 0 aliphatic rings. The fraction of sp³-hybridized carbons (Fsp3) is 0. The van der Waals surface area contributed by atoms with Crippen LogP contribution in [0.5, 0.6) is 0 Å². The van der Waals surface area contributed by atoms with Crippen molar-refractivity contribution in [2.45, 2.75) is 0 Å². The second-order valence-corrected chi connectivity index (χ2v) is 4.23. The third-order valence-corrected chi connectivity index (χ3v) is 2.94. The average Bonchev–Trinajstić information content (AvgIpc) is 2.74. The zero-order valence-corrected chi connectivity index (χ0v) is 10.1. The summed E-state index contributed by atoms with van der Waals surface area (Å²) in [4.78, 5) is 0. The van der Waals surface area contributed by atoms with Crippen molar-refractivity contribution in [1.29, 1.82) is 0 Å². The maximum atomic E-state index is 14.0. The molecule has 0 amide bonds. The molecule has 0 aliphatic carbocycles. The Bertz CT molecular complexity index is 852. The molecule has 8 heteroatoms. The van der Waals surface area contributed by atoms with Gasteiger partial charge in [0.05, 0.1) is 10.9 Å². The second-order valence-electron chi connectivity index (χ2n) is 4.23. The monoisotopic (exact) mass is 300 g/mol. The van der Waals surface area contributed by atoms with Crippen molar-refractivity contribution < 1.29 is 26.5 Å². The van der Waals surface area contributed by atoms with Crippen molar-refractivity contribution in [2.75, 3.05) is 5.73 Å². The minimum absolute atomic E-state index is 0.287. The molecule has 2 aromatic carbocycles. The normalized spacial score (nSPS) is 11.3. The lowest BCUT2D eigenvalue weighted by Crippen LogP contribution is -1.99. The molecule has 3 rings (SSSR count). The van der Waals surface area contributed by atoms with E-state index in [2.05, 4.69) is 9.68 Å². The molecule has 0 radical (unpaired) electrons. The summed E-state index contributed by atoms with van der Waals surface area (Å²) in [5.41, 5.74) is 3.41. The van der Waals surface area contributed by atoms with Crippen LogP contribution in [0.25, 0.3) is 22.1 Å². The SMILES string of the molecule is Nc1noc2cc(F)c(F)c(-c3c(F)cc(F)cc3F)c12. The summed E-state index contributed by atoms with van der Waals surface area (Å²) in [7, 11) is 0. The lowest BCUT2D eigenvalue weighted by molar-refractivity contribution is 0.455. The maximum absolute atomic E-state index is 14.0. The quantitative estimate of drug-likeness (QED) is 0.696. The van der Waals surface area contributed by atoms with E-state index in [-0.39, 0.29) is 16.8 Å². The Morgan fingerprint density at radius 3 is 2.10 bits per heavy atom. The number of nitrogen functional groups attached to an aromatic ring is 1. The number of halogens is 5. The standard InChI is InChI=1S/C13H5F5N2O/c14-4-1-5(15)9(6(16)2-4)11-10-8(21-20-13(10)19)3-7(17)12(11)18/h1-3H,(H2,19,20). The Labute approximate surface area is 113 Å². The van der Waals surface area contributed by atoms with Crippen molar-refractivity contribution in [3.8, 4) is 11.1 Å². The molecular formula is C13H5F5N2O. The molecule has 0 bridgehead atoms. The lowest BCUT2D eigenvalue weighted by Gasteiger charge is -2.09. The van der Waals surface area contributed by atoms with Crippen LogP contribution in [0.1, 0.15) is 0 Å². The van der Waals surface area contributed by atoms with Gasteiger partial charge < -0.3 is 10.3 Å². The third kappa shape index (κ3) is 1.91. The second kappa shape index (κ2) is 4.44. The van der Waals surface area contributed by atoms with Crippen molar-refractivity contribution in [1.82, 2.24) is 5.16 Å². The Morgan fingerprint density at radius 2 is 1.48 bits per heavy atom. The van der Waals surface area contributed by atoms with Crippen LogP contribution in [0.4, 0.5) is 27.8 Å². The summed E-state index contributed by atoms with van der Waals surface area (Å²) >= 11 is 0. The summed E-state index contributed by atoms with van der Waals surface area (Å²) in [6.07, 6.45) is 0. The number of rotatable bonds is 1. The van der Waals surface area contributed by atoms with Gasteiger partial charge in [0.1, 0.15) is 17.5 Å². The number of nitrogens with two attached hydrogens (primary N) is 1. The highest BCUT2D eigenvalue weighted by Crippen LogP contribution is 2.38. The third-order valence-electron chi connectivity index (χ3n) is 2.94. The molecule has 3 aromatic rings. The number of hydrogen-bond donors (Lipinski definition) is 1. The fourth-order valence-electron chi connectivity index (χ4n) is 2.09. The topological polar surface area (TPSA) is 52.0 Å². The highest BCUT2D eigenvalue weighted by Gasteiger charge is 2.25. The fourth-order valence-corrected chi connectivity index (χ4v) is 2.09. The van der Waals surface area contributed by atoms with Gasteiger partial charge in [0, 0.05) is 23.8 Å². The van der Waals surface area contributed by atoms with Crippen molar-refractivity contribution in [3.63, 3.8) is 0 Å². The van der Waals surface area contributed by atoms with Gasteiger partial charge >= 0.3 is 0 Å². The molecule has 0 fully saturated rings. The number of aromatic nitrogens is 1. The Morgan fingerprint density at radius 1 is 0.857 bits per heavy atom. The van der Waals surface area contributed by atoms with Gasteiger partial charge in [-0.1, -0.05) is 5.16 Å². The van der Waals surface area contributed by atoms with Crippen molar-refractivity contribution in [2.24, 2.45) is 0 Å². The van der Waals surface area contributed by atoms with Crippen LogP contribution >= 0.6 is 0 Å². The molecule has 0 unspecified atom stereocenters. The van der Waals surface area contributed by atoms with Crippen LogP contribution in [-0.2, 0) is 0 Å². The zero-order valence-electron chi connectivity index (χ0n) is 10.1. The first-order valence-corrected chi connectivity index (χ1v) is 5.58. The largest absolute Gasteiger partial charge is 0.380 e. The number of benzene rings is 2. The minimum Gasteiger partial charge on any atom is -0.380 e. The first-order valence-electron chi connectivity index (χ1n) is 5.58. The van der Waals surface area contributed by atoms with Crippen LogP contribution in [0.2, 0.25) is 0 Å². The van der Waals surface area contributed by atoms with Gasteiger partial charge in [-0.2, -0.15) is 0 Å². The molecule has 3 nitrogen and oxygen atoms in total. The summed E-state index contributed by atoms with van der Waals surface area (Å²) in [5.74, 6) is -7.32. The molecular weight excluding hydrogens is 295 g/mol. The van der Waals surface area contributed by atoms with Gasteiger partial charge in [-0.05, 0) is 0 Å². The number of hydrogen-bond acceptors (Lipinski definition) is 3. The van der Waals surface area contributed by atoms with Gasteiger partial charge in [0.25, 0.3) is 0 Å². The molecule has 108 valence electrons. The molecule has 2 N–H and O–H groups in total. The van der Waals surface area contributed by atoms with E-state index in [1.54, 1.807) is 0 Å². The molecule has 0 saturated heterocycles. The van der Waals surface area contributed by atoms with Crippen LogP contribution in [-0.4, -0.2) is 5.16 Å². The van der Waals surface area contributed by atoms with E-state index in [4.69, 9.17) is 5.73 Å². The Hall–Kier alpha value is -2.64. The van der Waals surface area contributed by atoms with Gasteiger partial charge in [-0.25, -0.2) is 22.0 Å². The molecule has 1 aromatic heterocycles. The predicted octanol–water partition coefficient (Wildman–Crippen LogP) is 3.77. The predicted molar refractivity (Wildman–Crippen MR) is 63.6 cm³/mol. The highest BCUT2D eigenvalue weighted by molar-refractivity contribution is 6.01. The Kier molecular flexibility index (Phi) is 2.82. The summed E-state index contributed by atoms with van der Waals surface area (Å²) < 4.78 is 72.7. The number of fused-ring (bicyclic) bond motifs is 1. The molecule has 0 spiro atoms. The smallest absolute Gasteiger partial charge is 0.175 e. The first-order chi connectivity index (χ1) is 9.90.